The van der Waals surface area contributed by atoms with Gasteiger partial charge in [-0.2, -0.15) is 18.3 Å². The molecule has 6 atom stereocenters. The van der Waals surface area contributed by atoms with Gasteiger partial charge in [0.2, 0.25) is 0 Å². The molecule has 1 amide bonds. The predicted molar refractivity (Wildman–Crippen MR) is 146 cm³/mol. The van der Waals surface area contributed by atoms with E-state index in [4.69, 9.17) is 30.5 Å². The number of carbonyl (C=O) groups is 1. The van der Waals surface area contributed by atoms with Crippen LogP contribution in [0.4, 0.5) is 22.4 Å². The molecule has 2 aromatic carbocycles. The standard InChI is InChI=1S/C28H30ClF4N5O6/c1-13-34-24(38(37-13)18-11-16(29)17(30)10-15(18)28(31,32)33)23-21(39)20(35-36-26(40)44-27(2,3)4)22-19(42-23)12-41-25(43-22)14-8-6-5-7-9-14/h5-11,19-23,25,35,39H,12H2,1-4H3,(H,36,40)/t19-,20-,21-,22+,23-,25?/m1/s1. The Morgan fingerprint density at radius 1 is 1.16 bits per heavy atom. The van der Waals surface area contributed by atoms with Crippen LogP contribution in [0, 0.1) is 12.7 Å². The SMILES string of the molecule is Cc1nc([C@@H]2O[C@@H]3COC(c4ccccc4)O[C@@H]3[C@H](NNC(=O)OC(C)(C)C)[C@H]2O)n(-c2cc(Cl)c(F)cc2C(F)(F)F)n1. The summed E-state index contributed by atoms with van der Waals surface area (Å²) in [6.45, 7) is 6.37. The quantitative estimate of drug-likeness (QED) is 0.268. The third-order valence-electron chi connectivity index (χ3n) is 6.79. The zero-order chi connectivity index (χ0) is 32.0. The van der Waals surface area contributed by atoms with E-state index >= 15 is 0 Å². The molecule has 5 rings (SSSR count). The van der Waals surface area contributed by atoms with E-state index < -0.39 is 76.7 Å². The lowest BCUT2D eigenvalue weighted by molar-refractivity contribution is -0.313. The Morgan fingerprint density at radius 2 is 1.86 bits per heavy atom. The lowest BCUT2D eigenvalue weighted by Gasteiger charge is -2.48. The van der Waals surface area contributed by atoms with Gasteiger partial charge in [-0.1, -0.05) is 41.9 Å². The topological polar surface area (TPSA) is 129 Å². The summed E-state index contributed by atoms with van der Waals surface area (Å²) in [4.78, 5) is 16.7. The molecule has 1 aromatic heterocycles. The molecule has 0 aliphatic carbocycles. The van der Waals surface area contributed by atoms with Crippen molar-refractivity contribution >= 4 is 17.7 Å². The van der Waals surface area contributed by atoms with Crippen LogP contribution < -0.4 is 10.9 Å². The minimum atomic E-state index is -4.99. The maximum atomic E-state index is 14.1. The van der Waals surface area contributed by atoms with Gasteiger partial charge in [-0.15, -0.1) is 0 Å². The number of aliphatic hydroxyl groups excluding tert-OH is 1. The van der Waals surface area contributed by atoms with Crippen LogP contribution in [0.25, 0.3) is 5.69 Å². The zero-order valence-corrected chi connectivity index (χ0v) is 24.7. The number of aliphatic hydroxyl groups is 1. The third-order valence-corrected chi connectivity index (χ3v) is 7.08. The Labute approximate surface area is 254 Å². The monoisotopic (exact) mass is 643 g/mol. The van der Waals surface area contributed by atoms with E-state index in [-0.39, 0.29) is 24.3 Å². The van der Waals surface area contributed by atoms with Crippen molar-refractivity contribution in [1.82, 2.24) is 25.6 Å². The van der Waals surface area contributed by atoms with Gasteiger partial charge in [0.1, 0.15) is 41.7 Å². The lowest BCUT2D eigenvalue weighted by Crippen LogP contribution is -2.66. The van der Waals surface area contributed by atoms with Gasteiger partial charge in [0.05, 0.1) is 28.9 Å². The largest absolute Gasteiger partial charge is 0.443 e. The Kier molecular flexibility index (Phi) is 8.90. The fourth-order valence-electron chi connectivity index (χ4n) is 4.97. The number of rotatable bonds is 5. The molecule has 238 valence electrons. The number of nitrogens with one attached hydrogen (secondary N) is 2. The van der Waals surface area contributed by atoms with Crippen molar-refractivity contribution in [2.45, 2.75) is 76.2 Å². The molecule has 0 spiro atoms. The number of benzene rings is 2. The van der Waals surface area contributed by atoms with Crippen LogP contribution in [0.3, 0.4) is 0 Å². The number of hydrazine groups is 1. The Bertz CT molecular complexity index is 1500. The summed E-state index contributed by atoms with van der Waals surface area (Å²) in [5, 5.41) is 15.1. The van der Waals surface area contributed by atoms with Gasteiger partial charge in [-0.05, 0) is 39.8 Å². The molecule has 16 heteroatoms. The molecule has 11 nitrogen and oxygen atoms in total. The maximum absolute atomic E-state index is 14.1. The van der Waals surface area contributed by atoms with Gasteiger partial charge >= 0.3 is 12.3 Å². The van der Waals surface area contributed by atoms with E-state index in [0.717, 1.165) is 10.7 Å². The highest BCUT2D eigenvalue weighted by atomic mass is 35.5. The average Bonchev–Trinajstić information content (AvgIpc) is 3.33. The van der Waals surface area contributed by atoms with Gasteiger partial charge in [0, 0.05) is 5.56 Å². The second-order valence-corrected chi connectivity index (χ2v) is 11.7. The molecule has 0 radical (unpaired) electrons. The lowest BCUT2D eigenvalue weighted by atomic mass is 9.91. The summed E-state index contributed by atoms with van der Waals surface area (Å²) in [6, 6.07) is 8.88. The summed E-state index contributed by atoms with van der Waals surface area (Å²) >= 11 is 5.87. The van der Waals surface area contributed by atoms with E-state index in [9.17, 15) is 27.5 Å². The highest BCUT2D eigenvalue weighted by Gasteiger charge is 2.52. The minimum absolute atomic E-state index is 0.0307. The summed E-state index contributed by atoms with van der Waals surface area (Å²) < 4.78 is 80.5. The van der Waals surface area contributed by atoms with E-state index in [1.807, 2.05) is 6.07 Å². The molecular formula is C28H30ClF4N5O6. The van der Waals surface area contributed by atoms with Crippen molar-refractivity contribution in [2.75, 3.05) is 6.61 Å². The van der Waals surface area contributed by atoms with Crippen molar-refractivity contribution in [3.8, 4) is 5.69 Å². The van der Waals surface area contributed by atoms with Gasteiger partial charge in [0.25, 0.3) is 0 Å². The van der Waals surface area contributed by atoms with Crippen molar-refractivity contribution in [3.05, 3.63) is 76.1 Å². The Balaban J connectivity index is 1.52. The number of aryl methyl sites for hydroxylation is 1. The van der Waals surface area contributed by atoms with Gasteiger partial charge in [-0.3, -0.25) is 5.43 Å². The fraction of sp³-hybridized carbons (Fsp3) is 0.464. The molecule has 0 saturated carbocycles. The molecule has 44 heavy (non-hydrogen) atoms. The number of hydrogen-bond donors (Lipinski definition) is 3. The van der Waals surface area contributed by atoms with Crippen LogP contribution in [0.1, 0.15) is 55.9 Å². The highest BCUT2D eigenvalue weighted by molar-refractivity contribution is 6.30. The first-order chi connectivity index (χ1) is 20.6. The predicted octanol–water partition coefficient (Wildman–Crippen LogP) is 4.70. The van der Waals surface area contributed by atoms with Crippen molar-refractivity contribution in [2.24, 2.45) is 0 Å². The number of aromatic nitrogens is 3. The van der Waals surface area contributed by atoms with Crippen LogP contribution in [-0.4, -0.2) is 62.5 Å². The summed E-state index contributed by atoms with van der Waals surface area (Å²) in [7, 11) is 0. The van der Waals surface area contributed by atoms with Gasteiger partial charge in [-0.25, -0.2) is 24.3 Å². The molecule has 3 heterocycles. The van der Waals surface area contributed by atoms with Crippen molar-refractivity contribution in [1.29, 1.82) is 0 Å². The van der Waals surface area contributed by atoms with Crippen molar-refractivity contribution in [3.63, 3.8) is 0 Å². The molecule has 3 N–H and O–H groups in total. The van der Waals surface area contributed by atoms with E-state index in [0.29, 0.717) is 5.56 Å². The summed E-state index contributed by atoms with van der Waals surface area (Å²) in [5.74, 6) is -1.49. The first-order valence-electron chi connectivity index (χ1n) is 13.5. The van der Waals surface area contributed by atoms with Crippen LogP contribution in [0.15, 0.2) is 42.5 Å². The molecule has 1 unspecified atom stereocenters. The second-order valence-electron chi connectivity index (χ2n) is 11.3. The van der Waals surface area contributed by atoms with Crippen LogP contribution in [0.5, 0.6) is 0 Å². The fourth-order valence-corrected chi connectivity index (χ4v) is 5.13. The second kappa shape index (κ2) is 12.2. The first-order valence-corrected chi connectivity index (χ1v) is 13.9. The van der Waals surface area contributed by atoms with E-state index in [1.165, 1.54) is 6.92 Å². The van der Waals surface area contributed by atoms with Gasteiger partial charge < -0.3 is 24.1 Å². The zero-order valence-electron chi connectivity index (χ0n) is 23.9. The number of halogens is 5. The van der Waals surface area contributed by atoms with Crippen LogP contribution >= 0.6 is 11.6 Å². The number of ether oxygens (including phenoxy) is 4. The summed E-state index contributed by atoms with van der Waals surface area (Å²) in [5.41, 5.74) is 2.98. The van der Waals surface area contributed by atoms with Crippen LogP contribution in [0.2, 0.25) is 5.02 Å². The number of carbonyl (C=O) groups excluding carboxylic acids is 1. The number of fused-ring (bicyclic) bond motifs is 1. The number of hydrogen-bond acceptors (Lipinski definition) is 9. The third kappa shape index (κ3) is 6.82. The van der Waals surface area contributed by atoms with E-state index in [2.05, 4.69) is 20.9 Å². The highest BCUT2D eigenvalue weighted by Crippen LogP contribution is 2.41. The molecular weight excluding hydrogens is 614 g/mol. The normalized spacial score (nSPS) is 25.8. The molecule has 2 aliphatic heterocycles. The Hall–Kier alpha value is -3.34. The van der Waals surface area contributed by atoms with Crippen LogP contribution in [-0.2, 0) is 25.1 Å². The average molecular weight is 644 g/mol. The number of amides is 1. The minimum Gasteiger partial charge on any atom is -0.443 e. The number of alkyl halides is 3. The molecule has 3 aromatic rings. The maximum Gasteiger partial charge on any atom is 0.422 e. The van der Waals surface area contributed by atoms with E-state index in [1.54, 1.807) is 45.0 Å². The molecule has 2 saturated heterocycles. The first kappa shape index (κ1) is 32.1. The molecule has 0 bridgehead atoms. The molecule has 2 fully saturated rings. The Morgan fingerprint density at radius 3 is 2.52 bits per heavy atom. The number of nitrogens with zero attached hydrogens (tertiary/aromatic N) is 3. The smallest absolute Gasteiger partial charge is 0.422 e. The van der Waals surface area contributed by atoms with Crippen molar-refractivity contribution < 1.29 is 46.4 Å². The summed E-state index contributed by atoms with van der Waals surface area (Å²) in [6.07, 6.45) is -11.5. The molecule has 2 aliphatic rings. The van der Waals surface area contributed by atoms with Gasteiger partial charge in [0.15, 0.2) is 12.1 Å².